The fraction of sp³-hybridized carbons (Fsp3) is 0.500. The molecule has 7 nitrogen and oxygen atoms in total. The topological polar surface area (TPSA) is 72.9 Å². The van der Waals surface area contributed by atoms with Crippen LogP contribution in [0.4, 0.5) is 0 Å². The van der Waals surface area contributed by atoms with E-state index < -0.39 is 0 Å². The summed E-state index contributed by atoms with van der Waals surface area (Å²) < 4.78 is 16.3. The molecule has 2 unspecified atom stereocenters. The van der Waals surface area contributed by atoms with Crippen molar-refractivity contribution in [1.29, 1.82) is 0 Å². The molecule has 28 heavy (non-hydrogen) atoms. The van der Waals surface area contributed by atoms with Crippen LogP contribution >= 0.6 is 11.3 Å². The lowest BCUT2D eigenvalue weighted by Crippen LogP contribution is -2.47. The Labute approximate surface area is 169 Å². The highest BCUT2D eigenvalue weighted by atomic mass is 32.1. The van der Waals surface area contributed by atoms with Gasteiger partial charge >= 0.3 is 0 Å². The van der Waals surface area contributed by atoms with Gasteiger partial charge in [0.2, 0.25) is 0 Å². The first-order chi connectivity index (χ1) is 13.5. The first-order valence-electron chi connectivity index (χ1n) is 9.34. The summed E-state index contributed by atoms with van der Waals surface area (Å²) in [6.07, 6.45) is 0.448. The fourth-order valence-electron chi connectivity index (χ4n) is 3.36. The lowest BCUT2D eigenvalue weighted by Gasteiger charge is -2.35. The third kappa shape index (κ3) is 5.01. The molecule has 0 spiro atoms. The van der Waals surface area contributed by atoms with Crippen molar-refractivity contribution in [3.8, 4) is 22.1 Å². The molecule has 1 amide bonds. The predicted octanol–water partition coefficient (Wildman–Crippen LogP) is 2.67. The minimum absolute atomic E-state index is 0.155. The molecule has 8 heteroatoms. The monoisotopic (exact) mass is 405 g/mol. The van der Waals surface area contributed by atoms with E-state index in [1.807, 2.05) is 18.2 Å². The van der Waals surface area contributed by atoms with Gasteiger partial charge < -0.3 is 19.5 Å². The normalized spacial score (nSPS) is 20.0. The molecule has 1 fully saturated rings. The number of amides is 1. The smallest absolute Gasteiger partial charge is 0.270 e. The van der Waals surface area contributed by atoms with Crippen LogP contribution in [0.3, 0.4) is 0 Å². The minimum Gasteiger partial charge on any atom is -0.493 e. The van der Waals surface area contributed by atoms with Crippen LogP contribution in [0.15, 0.2) is 23.6 Å². The van der Waals surface area contributed by atoms with Gasteiger partial charge in [-0.3, -0.25) is 9.69 Å². The van der Waals surface area contributed by atoms with Gasteiger partial charge in [0.05, 0.1) is 26.4 Å². The summed E-state index contributed by atoms with van der Waals surface area (Å²) in [6, 6.07) is 5.60. The molecule has 152 valence electrons. The summed E-state index contributed by atoms with van der Waals surface area (Å²) in [5.41, 5.74) is 1.32. The van der Waals surface area contributed by atoms with Gasteiger partial charge in [-0.15, -0.1) is 11.3 Å². The molecule has 0 bridgehead atoms. The zero-order chi connectivity index (χ0) is 20.1. The SMILES string of the molecule is COc1ccc(-c2nc(C(=O)NCCN3CC(C)OC(C)C3)cs2)cc1OC. The number of carbonyl (C=O) groups excluding carboxylic acids is 1. The molecule has 1 aliphatic rings. The Bertz CT molecular complexity index is 800. The van der Waals surface area contributed by atoms with Crippen LogP contribution < -0.4 is 14.8 Å². The second-order valence-electron chi connectivity index (χ2n) is 6.88. The zero-order valence-corrected chi connectivity index (χ0v) is 17.5. The summed E-state index contributed by atoms with van der Waals surface area (Å²) in [5.74, 6) is 1.14. The van der Waals surface area contributed by atoms with E-state index in [-0.39, 0.29) is 18.1 Å². The molecule has 2 atom stereocenters. The van der Waals surface area contributed by atoms with Crippen molar-refractivity contribution in [3.05, 3.63) is 29.3 Å². The number of methoxy groups -OCH3 is 2. The molecule has 3 rings (SSSR count). The summed E-state index contributed by atoms with van der Waals surface area (Å²) in [4.78, 5) is 19.2. The largest absolute Gasteiger partial charge is 0.493 e. The van der Waals surface area contributed by atoms with Crippen molar-refractivity contribution in [2.24, 2.45) is 0 Å². The van der Waals surface area contributed by atoms with E-state index in [2.05, 4.69) is 29.0 Å². The fourth-order valence-corrected chi connectivity index (χ4v) is 4.16. The van der Waals surface area contributed by atoms with Gasteiger partial charge in [0.15, 0.2) is 11.5 Å². The Hall–Kier alpha value is -2.16. The van der Waals surface area contributed by atoms with E-state index in [1.165, 1.54) is 11.3 Å². The molecule has 1 saturated heterocycles. The number of benzene rings is 1. The van der Waals surface area contributed by atoms with Crippen molar-refractivity contribution in [2.75, 3.05) is 40.4 Å². The Morgan fingerprint density at radius 2 is 1.96 bits per heavy atom. The number of nitrogens with zero attached hydrogens (tertiary/aromatic N) is 2. The lowest BCUT2D eigenvalue weighted by atomic mass is 10.2. The van der Waals surface area contributed by atoms with Crippen LogP contribution in [-0.2, 0) is 4.74 Å². The number of thiazole rings is 1. The average molecular weight is 406 g/mol. The Kier molecular flexibility index (Phi) is 6.88. The van der Waals surface area contributed by atoms with Gasteiger partial charge in [-0.25, -0.2) is 4.98 Å². The van der Waals surface area contributed by atoms with Gasteiger partial charge in [-0.1, -0.05) is 0 Å². The summed E-state index contributed by atoms with van der Waals surface area (Å²) in [7, 11) is 3.19. The number of aromatic nitrogens is 1. The maximum atomic E-state index is 12.4. The Morgan fingerprint density at radius 1 is 1.25 bits per heavy atom. The maximum Gasteiger partial charge on any atom is 0.270 e. The quantitative estimate of drug-likeness (QED) is 0.764. The first-order valence-corrected chi connectivity index (χ1v) is 10.2. The Balaban J connectivity index is 1.57. The van der Waals surface area contributed by atoms with E-state index in [1.54, 1.807) is 19.6 Å². The van der Waals surface area contributed by atoms with Gasteiger partial charge in [0.1, 0.15) is 10.7 Å². The highest BCUT2D eigenvalue weighted by molar-refractivity contribution is 7.13. The Morgan fingerprint density at radius 3 is 2.64 bits per heavy atom. The summed E-state index contributed by atoms with van der Waals surface area (Å²) in [5, 5.41) is 5.50. The van der Waals surface area contributed by atoms with Crippen molar-refractivity contribution >= 4 is 17.2 Å². The number of morpholine rings is 1. The number of hydrogen-bond acceptors (Lipinski definition) is 7. The van der Waals surface area contributed by atoms with Gasteiger partial charge in [-0.05, 0) is 32.0 Å². The third-order valence-electron chi connectivity index (χ3n) is 4.58. The van der Waals surface area contributed by atoms with E-state index >= 15 is 0 Å². The molecule has 1 N–H and O–H groups in total. The van der Waals surface area contributed by atoms with E-state index in [4.69, 9.17) is 14.2 Å². The second-order valence-corrected chi connectivity index (χ2v) is 7.74. The molecule has 0 aliphatic carbocycles. The molecule has 0 saturated carbocycles. The lowest BCUT2D eigenvalue weighted by molar-refractivity contribution is -0.0672. The van der Waals surface area contributed by atoms with Crippen LogP contribution in [0, 0.1) is 0 Å². The maximum absolute atomic E-state index is 12.4. The molecular weight excluding hydrogens is 378 g/mol. The van der Waals surface area contributed by atoms with Gasteiger partial charge in [0.25, 0.3) is 5.91 Å². The number of nitrogens with one attached hydrogen (secondary N) is 1. The van der Waals surface area contributed by atoms with Gasteiger partial charge in [-0.2, -0.15) is 0 Å². The highest BCUT2D eigenvalue weighted by Gasteiger charge is 2.22. The van der Waals surface area contributed by atoms with Crippen LogP contribution in [-0.4, -0.2) is 68.4 Å². The van der Waals surface area contributed by atoms with Crippen molar-refractivity contribution in [3.63, 3.8) is 0 Å². The average Bonchev–Trinajstić information content (AvgIpc) is 3.17. The van der Waals surface area contributed by atoms with Crippen LogP contribution in [0.1, 0.15) is 24.3 Å². The second kappa shape index (κ2) is 9.36. The molecule has 1 aliphatic heterocycles. The minimum atomic E-state index is -0.155. The molecular formula is C20H27N3O4S. The molecule has 1 aromatic carbocycles. The van der Waals surface area contributed by atoms with Crippen molar-refractivity contribution in [1.82, 2.24) is 15.2 Å². The van der Waals surface area contributed by atoms with Crippen LogP contribution in [0.25, 0.3) is 10.6 Å². The molecule has 2 heterocycles. The molecule has 1 aromatic heterocycles. The van der Waals surface area contributed by atoms with E-state index in [9.17, 15) is 4.79 Å². The summed E-state index contributed by atoms with van der Waals surface area (Å²) in [6.45, 7) is 7.32. The number of carbonyl (C=O) groups is 1. The summed E-state index contributed by atoms with van der Waals surface area (Å²) >= 11 is 1.43. The first kappa shape index (κ1) is 20.6. The zero-order valence-electron chi connectivity index (χ0n) is 16.7. The third-order valence-corrected chi connectivity index (χ3v) is 5.47. The van der Waals surface area contributed by atoms with Crippen LogP contribution in [0.2, 0.25) is 0 Å². The number of ether oxygens (including phenoxy) is 3. The van der Waals surface area contributed by atoms with Crippen molar-refractivity contribution in [2.45, 2.75) is 26.1 Å². The van der Waals surface area contributed by atoms with Crippen LogP contribution in [0.5, 0.6) is 11.5 Å². The van der Waals surface area contributed by atoms with Gasteiger partial charge in [0, 0.05) is 37.1 Å². The number of rotatable bonds is 7. The predicted molar refractivity (Wildman–Crippen MR) is 109 cm³/mol. The van der Waals surface area contributed by atoms with E-state index in [0.29, 0.717) is 23.7 Å². The molecule has 0 radical (unpaired) electrons. The highest BCUT2D eigenvalue weighted by Crippen LogP contribution is 2.33. The number of hydrogen-bond donors (Lipinski definition) is 1. The molecule has 2 aromatic rings. The van der Waals surface area contributed by atoms with E-state index in [0.717, 1.165) is 30.2 Å². The van der Waals surface area contributed by atoms with Crippen molar-refractivity contribution < 1.29 is 19.0 Å². The standard InChI is InChI=1S/C20H27N3O4S/c1-13-10-23(11-14(2)27-13)8-7-21-19(24)16-12-28-20(22-16)15-5-6-17(25-3)18(9-15)26-4/h5-6,9,12-14H,7-8,10-11H2,1-4H3,(H,21,24).